The van der Waals surface area contributed by atoms with E-state index in [4.69, 9.17) is 5.73 Å². The minimum atomic E-state index is -0.215. The Kier molecular flexibility index (Phi) is 4.76. The van der Waals surface area contributed by atoms with Crippen LogP contribution in [-0.4, -0.2) is 29.0 Å². The highest BCUT2D eigenvalue weighted by atomic mass is 32.1. The molecule has 1 atom stereocenters. The van der Waals surface area contributed by atoms with Gasteiger partial charge in [0.1, 0.15) is 5.82 Å². The Morgan fingerprint density at radius 2 is 2.35 bits per heavy atom. The fourth-order valence-corrected chi connectivity index (χ4v) is 3.49. The lowest BCUT2D eigenvalue weighted by Crippen LogP contribution is -2.41. The van der Waals surface area contributed by atoms with Gasteiger partial charge in [-0.1, -0.05) is 0 Å². The molecule has 0 radical (unpaired) electrons. The van der Waals surface area contributed by atoms with Gasteiger partial charge in [0, 0.05) is 18.0 Å². The number of aryl methyl sites for hydroxylation is 1. The molecule has 0 aliphatic carbocycles. The third kappa shape index (κ3) is 3.79. The number of piperidine rings is 1. The van der Waals surface area contributed by atoms with Crippen LogP contribution in [0.4, 0.5) is 11.5 Å². The third-order valence-electron chi connectivity index (χ3n) is 4.19. The minimum Gasteiger partial charge on any atom is -0.379 e. The average Bonchev–Trinajstić information content (AvgIpc) is 2.98. The second-order valence-electron chi connectivity index (χ2n) is 5.81. The summed E-state index contributed by atoms with van der Waals surface area (Å²) in [5, 5.41) is 3.36. The summed E-state index contributed by atoms with van der Waals surface area (Å²) in [6, 6.07) is 4.01. The minimum absolute atomic E-state index is 0.0716. The van der Waals surface area contributed by atoms with Crippen LogP contribution in [0.3, 0.4) is 0 Å². The number of nitrogens with two attached hydrogens (primary N) is 1. The first-order chi connectivity index (χ1) is 11.1. The van der Waals surface area contributed by atoms with Crippen LogP contribution in [-0.2, 0) is 11.3 Å². The smallest absolute Gasteiger partial charge is 0.222 e. The van der Waals surface area contributed by atoms with Gasteiger partial charge in [0.15, 0.2) is 0 Å². The van der Waals surface area contributed by atoms with Crippen molar-refractivity contribution in [1.29, 1.82) is 0 Å². The Hall–Kier alpha value is -2.15. The van der Waals surface area contributed by atoms with E-state index in [1.165, 1.54) is 4.88 Å². The Balaban J connectivity index is 1.60. The number of hydrogen-bond acceptors (Lipinski definition) is 6. The van der Waals surface area contributed by atoms with Crippen LogP contribution in [0.5, 0.6) is 0 Å². The van der Waals surface area contributed by atoms with E-state index in [-0.39, 0.29) is 11.8 Å². The Labute approximate surface area is 139 Å². The molecule has 1 aliphatic rings. The van der Waals surface area contributed by atoms with Crippen molar-refractivity contribution >= 4 is 28.7 Å². The lowest BCUT2D eigenvalue weighted by atomic mass is 9.97. The van der Waals surface area contributed by atoms with Crippen LogP contribution in [0.25, 0.3) is 0 Å². The van der Waals surface area contributed by atoms with Crippen molar-refractivity contribution in [3.05, 3.63) is 34.4 Å². The molecule has 0 bridgehead atoms. The van der Waals surface area contributed by atoms with E-state index in [2.05, 4.69) is 20.2 Å². The maximum atomic E-state index is 11.4. The van der Waals surface area contributed by atoms with Crippen molar-refractivity contribution in [3.63, 3.8) is 0 Å². The Bertz CT molecular complexity index is 669. The molecule has 1 amide bonds. The third-order valence-corrected chi connectivity index (χ3v) is 5.13. The molecule has 2 aromatic heterocycles. The number of hydrogen-bond donors (Lipinski definition) is 2. The van der Waals surface area contributed by atoms with Crippen molar-refractivity contribution in [2.45, 2.75) is 26.3 Å². The molecule has 0 unspecified atom stereocenters. The number of primary amides is 1. The summed E-state index contributed by atoms with van der Waals surface area (Å²) in [5.74, 6) is 0.612. The second-order valence-corrected chi connectivity index (χ2v) is 6.75. The number of carbonyl (C=O) groups excluding carboxylic acids is 1. The summed E-state index contributed by atoms with van der Waals surface area (Å²) < 4.78 is 0. The highest BCUT2D eigenvalue weighted by molar-refractivity contribution is 7.09. The summed E-state index contributed by atoms with van der Waals surface area (Å²) in [6.45, 7) is 4.35. The monoisotopic (exact) mass is 331 g/mol. The molecule has 1 fully saturated rings. The molecule has 1 saturated heterocycles. The molecular formula is C16H21N5OS. The van der Waals surface area contributed by atoms with Gasteiger partial charge >= 0.3 is 0 Å². The molecule has 3 heterocycles. The van der Waals surface area contributed by atoms with E-state index in [0.29, 0.717) is 6.54 Å². The molecule has 122 valence electrons. The van der Waals surface area contributed by atoms with Crippen LogP contribution in [0, 0.1) is 12.8 Å². The summed E-state index contributed by atoms with van der Waals surface area (Å²) in [5.41, 5.74) is 9.33. The number of thiazole rings is 1. The van der Waals surface area contributed by atoms with Gasteiger partial charge in [-0.2, -0.15) is 0 Å². The highest BCUT2D eigenvalue weighted by Crippen LogP contribution is 2.23. The second kappa shape index (κ2) is 6.95. The number of amides is 1. The number of carbonyl (C=O) groups is 1. The largest absolute Gasteiger partial charge is 0.379 e. The normalized spacial score (nSPS) is 18.0. The lowest BCUT2D eigenvalue weighted by Gasteiger charge is -2.32. The van der Waals surface area contributed by atoms with Crippen LogP contribution >= 0.6 is 11.3 Å². The van der Waals surface area contributed by atoms with Gasteiger partial charge in [-0.15, -0.1) is 11.3 Å². The predicted octanol–water partition coefficient (Wildman–Crippen LogP) is 2.16. The van der Waals surface area contributed by atoms with E-state index in [1.807, 2.05) is 30.8 Å². The fraction of sp³-hybridized carbons (Fsp3) is 0.438. The molecule has 0 spiro atoms. The van der Waals surface area contributed by atoms with E-state index >= 15 is 0 Å². The summed E-state index contributed by atoms with van der Waals surface area (Å²) in [6.07, 6.45) is 3.68. The molecule has 0 aromatic carbocycles. The van der Waals surface area contributed by atoms with E-state index in [9.17, 15) is 4.79 Å². The van der Waals surface area contributed by atoms with E-state index in [0.717, 1.165) is 43.1 Å². The van der Waals surface area contributed by atoms with Gasteiger partial charge in [-0.25, -0.2) is 9.97 Å². The van der Waals surface area contributed by atoms with Crippen LogP contribution in [0.15, 0.2) is 23.8 Å². The van der Waals surface area contributed by atoms with Gasteiger partial charge in [-0.05, 0) is 31.9 Å². The quantitative estimate of drug-likeness (QED) is 0.877. The van der Waals surface area contributed by atoms with Crippen molar-refractivity contribution in [1.82, 2.24) is 9.97 Å². The number of anilines is 2. The molecule has 2 aromatic rings. The first-order valence-electron chi connectivity index (χ1n) is 7.76. The molecule has 23 heavy (non-hydrogen) atoms. The molecule has 3 rings (SSSR count). The SMILES string of the molecule is Cc1ncsc1CNc1ccc(N2CCC[C@H](C(N)=O)C2)nc1. The summed E-state index contributed by atoms with van der Waals surface area (Å²) in [4.78, 5) is 23.5. The molecule has 6 nitrogen and oxygen atoms in total. The van der Waals surface area contributed by atoms with Crippen molar-refractivity contribution in [3.8, 4) is 0 Å². The molecule has 3 N–H and O–H groups in total. The zero-order valence-electron chi connectivity index (χ0n) is 13.2. The number of nitrogens with zero attached hydrogens (tertiary/aromatic N) is 3. The molecule has 7 heteroatoms. The van der Waals surface area contributed by atoms with Crippen LogP contribution in [0.2, 0.25) is 0 Å². The fourth-order valence-electron chi connectivity index (χ4n) is 2.77. The molecule has 0 saturated carbocycles. The number of rotatable bonds is 5. The number of pyridine rings is 1. The predicted molar refractivity (Wildman–Crippen MR) is 92.5 cm³/mol. The molecule has 1 aliphatic heterocycles. The van der Waals surface area contributed by atoms with E-state index in [1.54, 1.807) is 11.3 Å². The van der Waals surface area contributed by atoms with Crippen LogP contribution < -0.4 is 16.0 Å². The average molecular weight is 331 g/mol. The van der Waals surface area contributed by atoms with Gasteiger partial charge in [-0.3, -0.25) is 4.79 Å². The number of aromatic nitrogens is 2. The first-order valence-corrected chi connectivity index (χ1v) is 8.64. The maximum absolute atomic E-state index is 11.4. The molecular weight excluding hydrogens is 310 g/mol. The Morgan fingerprint density at radius 1 is 1.48 bits per heavy atom. The van der Waals surface area contributed by atoms with Gasteiger partial charge in [0.25, 0.3) is 0 Å². The van der Waals surface area contributed by atoms with Crippen molar-refractivity contribution < 1.29 is 4.79 Å². The van der Waals surface area contributed by atoms with E-state index < -0.39 is 0 Å². The lowest BCUT2D eigenvalue weighted by molar-refractivity contribution is -0.122. The van der Waals surface area contributed by atoms with Crippen molar-refractivity contribution in [2.24, 2.45) is 11.7 Å². The highest BCUT2D eigenvalue weighted by Gasteiger charge is 2.24. The zero-order chi connectivity index (χ0) is 16.2. The van der Waals surface area contributed by atoms with Crippen molar-refractivity contribution in [2.75, 3.05) is 23.3 Å². The Morgan fingerprint density at radius 3 is 3.00 bits per heavy atom. The standard InChI is InChI=1S/C16H21N5OS/c1-11-14(23-10-20-11)8-18-13-4-5-15(19-7-13)21-6-2-3-12(9-21)16(17)22/h4-5,7,10,12,18H,2-3,6,8-9H2,1H3,(H2,17,22)/t12-/m0/s1. The van der Waals surface area contributed by atoms with Gasteiger partial charge in [0.05, 0.1) is 35.6 Å². The number of nitrogens with one attached hydrogen (secondary N) is 1. The van der Waals surface area contributed by atoms with Gasteiger partial charge in [0.2, 0.25) is 5.91 Å². The van der Waals surface area contributed by atoms with Crippen LogP contribution in [0.1, 0.15) is 23.4 Å². The topological polar surface area (TPSA) is 84.1 Å². The summed E-state index contributed by atoms with van der Waals surface area (Å²) in [7, 11) is 0. The first kappa shape index (κ1) is 15.7. The summed E-state index contributed by atoms with van der Waals surface area (Å²) >= 11 is 1.65. The maximum Gasteiger partial charge on any atom is 0.222 e. The zero-order valence-corrected chi connectivity index (χ0v) is 14.0. The van der Waals surface area contributed by atoms with Gasteiger partial charge < -0.3 is 16.0 Å².